The fourth-order valence-electron chi connectivity index (χ4n) is 1.59. The van der Waals surface area contributed by atoms with Crippen molar-refractivity contribution in [1.82, 2.24) is 0 Å². The van der Waals surface area contributed by atoms with E-state index >= 15 is 0 Å². The Morgan fingerprint density at radius 3 is 1.50 bits per heavy atom. The van der Waals surface area contributed by atoms with Crippen LogP contribution in [0.25, 0.3) is 0 Å². The molecule has 1 rings (SSSR count). The molecule has 0 aliphatic carbocycles. The zero-order chi connectivity index (χ0) is 15.1. The Morgan fingerprint density at radius 1 is 0.900 bits per heavy atom. The molecule has 0 bridgehead atoms. The van der Waals surface area contributed by atoms with Gasteiger partial charge in [0.15, 0.2) is 0 Å². The highest BCUT2D eigenvalue weighted by Gasteiger charge is 2.21. The number of hydrogen-bond donors (Lipinski definition) is 2. The maximum Gasteiger partial charge on any atom is 0.336 e. The van der Waals surface area contributed by atoms with Crippen molar-refractivity contribution < 1.29 is 19.8 Å². The lowest BCUT2D eigenvalue weighted by molar-refractivity contribution is 0.0674. The van der Waals surface area contributed by atoms with Crippen LogP contribution in [0.3, 0.4) is 0 Å². The summed E-state index contributed by atoms with van der Waals surface area (Å²) in [5.41, 5.74) is 0.374. The third-order valence-corrected chi connectivity index (χ3v) is 5.25. The number of carbonyl (C=O) groups is 2. The monoisotopic (exact) mass is 314 g/mol. The topological polar surface area (TPSA) is 74.6 Å². The summed E-state index contributed by atoms with van der Waals surface area (Å²) in [6, 6.07) is 2.78. The lowest BCUT2D eigenvalue weighted by atomic mass is 10.1. The summed E-state index contributed by atoms with van der Waals surface area (Å²) >= 11 is 2.84. The van der Waals surface area contributed by atoms with Crippen molar-refractivity contribution in [3.8, 4) is 0 Å². The van der Waals surface area contributed by atoms with Gasteiger partial charge in [0.25, 0.3) is 0 Å². The molecule has 110 valence electrons. The maximum absolute atomic E-state index is 11.3. The van der Waals surface area contributed by atoms with E-state index in [0.29, 0.717) is 9.79 Å². The van der Waals surface area contributed by atoms with Crippen LogP contribution in [0.15, 0.2) is 21.9 Å². The van der Waals surface area contributed by atoms with Gasteiger partial charge in [-0.05, 0) is 36.5 Å². The molecule has 0 aliphatic heterocycles. The molecule has 1 aromatic carbocycles. The molecule has 0 aromatic heterocycles. The van der Waals surface area contributed by atoms with Crippen molar-refractivity contribution in [1.29, 1.82) is 0 Å². The summed E-state index contributed by atoms with van der Waals surface area (Å²) in [4.78, 5) is 23.8. The van der Waals surface area contributed by atoms with Crippen LogP contribution >= 0.6 is 23.5 Å². The third kappa shape index (κ3) is 4.18. The van der Waals surface area contributed by atoms with Gasteiger partial charge in [-0.15, -0.1) is 23.5 Å². The third-order valence-electron chi connectivity index (χ3n) is 2.47. The van der Waals surface area contributed by atoms with Gasteiger partial charge in [-0.2, -0.15) is 0 Å². The van der Waals surface area contributed by atoms with Gasteiger partial charge in [0, 0.05) is 9.79 Å². The minimum Gasteiger partial charge on any atom is -0.478 e. The highest BCUT2D eigenvalue weighted by atomic mass is 32.2. The Hall–Kier alpha value is -1.14. The fraction of sp³-hybridized carbons (Fsp3) is 0.429. The molecule has 1 aromatic rings. The van der Waals surface area contributed by atoms with Crippen LogP contribution < -0.4 is 0 Å². The number of thioether (sulfide) groups is 2. The predicted molar refractivity (Wildman–Crippen MR) is 82.4 cm³/mol. The second-order valence-electron chi connectivity index (χ2n) is 4.13. The predicted octanol–water partition coefficient (Wildman–Crippen LogP) is 4.09. The van der Waals surface area contributed by atoms with E-state index in [1.165, 1.54) is 35.7 Å². The molecule has 0 unspecified atom stereocenters. The summed E-state index contributed by atoms with van der Waals surface area (Å²) in [5.74, 6) is -0.496. The number of carboxylic acid groups (broad SMARTS) is 2. The summed E-state index contributed by atoms with van der Waals surface area (Å²) in [7, 11) is 0. The highest BCUT2D eigenvalue weighted by molar-refractivity contribution is 8.02. The first-order valence-electron chi connectivity index (χ1n) is 6.42. The Morgan fingerprint density at radius 2 is 1.25 bits per heavy atom. The average Bonchev–Trinajstić information content (AvgIpc) is 2.41. The Labute approximate surface area is 127 Å². The molecule has 0 atom stereocenters. The second-order valence-corrected chi connectivity index (χ2v) is 6.34. The van der Waals surface area contributed by atoms with Gasteiger partial charge >= 0.3 is 11.9 Å². The van der Waals surface area contributed by atoms with E-state index in [2.05, 4.69) is 0 Å². The fourth-order valence-corrected chi connectivity index (χ4v) is 3.87. The Bertz CT molecular complexity index is 455. The van der Waals surface area contributed by atoms with E-state index < -0.39 is 11.9 Å². The molecule has 0 aliphatic rings. The quantitative estimate of drug-likeness (QED) is 0.704. The van der Waals surface area contributed by atoms with E-state index in [1.54, 1.807) is 0 Å². The molecule has 0 heterocycles. The van der Waals surface area contributed by atoms with Crippen molar-refractivity contribution >= 4 is 35.5 Å². The van der Waals surface area contributed by atoms with Crippen molar-refractivity contribution in [3.63, 3.8) is 0 Å². The number of aromatic carboxylic acids is 2. The van der Waals surface area contributed by atoms with Gasteiger partial charge in [0.1, 0.15) is 0 Å². The minimum absolute atomic E-state index is 0.187. The summed E-state index contributed by atoms with van der Waals surface area (Å²) in [5, 5.41) is 18.5. The molecule has 6 heteroatoms. The van der Waals surface area contributed by atoms with Crippen molar-refractivity contribution in [3.05, 3.63) is 23.3 Å². The zero-order valence-electron chi connectivity index (χ0n) is 11.5. The molecule has 0 saturated carbocycles. The van der Waals surface area contributed by atoms with Crippen LogP contribution in [0, 0.1) is 0 Å². The van der Waals surface area contributed by atoms with Crippen LogP contribution in [-0.2, 0) is 0 Å². The zero-order valence-corrected chi connectivity index (χ0v) is 13.1. The summed E-state index contributed by atoms with van der Waals surface area (Å²) < 4.78 is 0. The van der Waals surface area contributed by atoms with Crippen molar-refractivity contribution in [2.24, 2.45) is 0 Å². The number of benzene rings is 1. The van der Waals surface area contributed by atoms with Crippen LogP contribution in [0.5, 0.6) is 0 Å². The van der Waals surface area contributed by atoms with E-state index in [-0.39, 0.29) is 11.1 Å². The van der Waals surface area contributed by atoms with E-state index in [0.717, 1.165) is 24.3 Å². The van der Waals surface area contributed by atoms with Gasteiger partial charge in [-0.1, -0.05) is 13.8 Å². The first-order chi connectivity index (χ1) is 9.52. The summed E-state index contributed by atoms with van der Waals surface area (Å²) in [6.45, 7) is 4.01. The Balaban J connectivity index is 3.37. The first-order valence-corrected chi connectivity index (χ1v) is 8.39. The van der Waals surface area contributed by atoms with Crippen LogP contribution in [0.2, 0.25) is 0 Å². The van der Waals surface area contributed by atoms with Gasteiger partial charge in [-0.25, -0.2) is 9.59 Å². The van der Waals surface area contributed by atoms with E-state index in [1.807, 2.05) is 13.8 Å². The molecule has 0 fully saturated rings. The van der Waals surface area contributed by atoms with Crippen LogP contribution in [0.1, 0.15) is 47.4 Å². The smallest absolute Gasteiger partial charge is 0.336 e. The first kappa shape index (κ1) is 16.9. The molecule has 0 amide bonds. The number of hydrogen-bond acceptors (Lipinski definition) is 4. The molecular weight excluding hydrogens is 296 g/mol. The van der Waals surface area contributed by atoms with Gasteiger partial charge in [-0.3, -0.25) is 0 Å². The van der Waals surface area contributed by atoms with E-state index in [9.17, 15) is 19.8 Å². The molecule has 0 spiro atoms. The second kappa shape index (κ2) is 8.21. The number of carboxylic acids is 2. The van der Waals surface area contributed by atoms with Gasteiger partial charge in [0.05, 0.1) is 11.1 Å². The normalized spacial score (nSPS) is 10.5. The number of rotatable bonds is 8. The molecular formula is C14H18O4S2. The van der Waals surface area contributed by atoms with Crippen LogP contribution in [0.4, 0.5) is 0 Å². The minimum atomic E-state index is -1.01. The summed E-state index contributed by atoms with van der Waals surface area (Å²) in [6.07, 6.45) is 1.80. The Kier molecular flexibility index (Phi) is 6.95. The molecule has 0 saturated heterocycles. The molecule has 0 radical (unpaired) electrons. The van der Waals surface area contributed by atoms with Crippen LogP contribution in [-0.4, -0.2) is 33.7 Å². The largest absolute Gasteiger partial charge is 0.478 e. The van der Waals surface area contributed by atoms with E-state index in [4.69, 9.17) is 0 Å². The lowest BCUT2D eigenvalue weighted by Crippen LogP contribution is -2.06. The SMILES string of the molecule is CCCSc1c(C(=O)O)ccc(C(=O)O)c1SCCC. The molecule has 2 N–H and O–H groups in total. The lowest BCUT2D eigenvalue weighted by Gasteiger charge is -2.14. The highest BCUT2D eigenvalue weighted by Crippen LogP contribution is 2.37. The van der Waals surface area contributed by atoms with Crippen molar-refractivity contribution in [2.45, 2.75) is 36.5 Å². The molecule has 20 heavy (non-hydrogen) atoms. The molecule has 4 nitrogen and oxygen atoms in total. The maximum atomic E-state index is 11.3. The van der Waals surface area contributed by atoms with Gasteiger partial charge < -0.3 is 10.2 Å². The average molecular weight is 314 g/mol. The van der Waals surface area contributed by atoms with Crippen molar-refractivity contribution in [2.75, 3.05) is 11.5 Å². The standard InChI is InChI=1S/C14H18O4S2/c1-3-7-19-11-9(13(15)16)5-6-10(14(17)18)12(11)20-8-4-2/h5-6H,3-4,7-8H2,1-2H3,(H,15,16)(H,17,18). The van der Waals surface area contributed by atoms with Gasteiger partial charge in [0.2, 0.25) is 0 Å².